The second kappa shape index (κ2) is 9.44. The monoisotopic (exact) mass is 214 g/mol. The third-order valence-electron chi connectivity index (χ3n) is 1.84. The van der Waals surface area contributed by atoms with E-state index in [1.54, 1.807) is 12.0 Å². The van der Waals surface area contributed by atoms with E-state index in [0.29, 0.717) is 32.7 Å². The van der Waals surface area contributed by atoms with Crippen molar-refractivity contribution >= 4 is 5.91 Å². The van der Waals surface area contributed by atoms with Crippen LogP contribution in [-0.2, 0) is 14.3 Å². The molecule has 0 aromatic heterocycles. The van der Waals surface area contributed by atoms with Gasteiger partial charge in [0, 0.05) is 26.8 Å². The molecule has 1 amide bonds. The molecule has 0 aromatic rings. The van der Waals surface area contributed by atoms with Crippen LogP contribution in [0, 0.1) is 11.3 Å². The van der Waals surface area contributed by atoms with Crippen molar-refractivity contribution in [2.24, 2.45) is 0 Å². The van der Waals surface area contributed by atoms with E-state index in [0.717, 1.165) is 0 Å². The van der Waals surface area contributed by atoms with Gasteiger partial charge >= 0.3 is 0 Å². The maximum atomic E-state index is 11.5. The van der Waals surface area contributed by atoms with E-state index in [9.17, 15) is 4.79 Å². The van der Waals surface area contributed by atoms with E-state index in [-0.39, 0.29) is 12.5 Å². The summed E-state index contributed by atoms with van der Waals surface area (Å²) in [7, 11) is 1.58. The zero-order valence-corrected chi connectivity index (χ0v) is 9.36. The molecule has 0 fully saturated rings. The quantitative estimate of drug-likeness (QED) is 0.587. The molecule has 0 aliphatic rings. The molecule has 0 heterocycles. The van der Waals surface area contributed by atoms with Gasteiger partial charge in [0.1, 0.15) is 6.61 Å². The van der Waals surface area contributed by atoms with Gasteiger partial charge in [0.05, 0.1) is 19.1 Å². The average Bonchev–Trinajstić information content (AvgIpc) is 2.26. The smallest absolute Gasteiger partial charge is 0.248 e. The van der Waals surface area contributed by atoms with Crippen molar-refractivity contribution in [3.05, 3.63) is 0 Å². The molecule has 0 saturated carbocycles. The summed E-state index contributed by atoms with van der Waals surface area (Å²) in [6, 6.07) is 2.01. The Balaban J connectivity index is 3.97. The molecule has 5 nitrogen and oxygen atoms in total. The van der Waals surface area contributed by atoms with Crippen LogP contribution in [0.5, 0.6) is 0 Å². The predicted octanol–water partition coefficient (Wildman–Crippen LogP) is 0.412. The van der Waals surface area contributed by atoms with Crippen LogP contribution in [-0.4, -0.2) is 50.8 Å². The van der Waals surface area contributed by atoms with Crippen molar-refractivity contribution in [3.8, 4) is 6.07 Å². The first-order valence-electron chi connectivity index (χ1n) is 4.97. The summed E-state index contributed by atoms with van der Waals surface area (Å²) in [5.74, 6) is -0.0934. The Morgan fingerprint density at radius 3 is 2.73 bits per heavy atom. The highest BCUT2D eigenvalue weighted by atomic mass is 16.5. The van der Waals surface area contributed by atoms with Gasteiger partial charge in [-0.05, 0) is 6.92 Å². The number of methoxy groups -OCH3 is 1. The molecule has 0 aliphatic heterocycles. The third kappa shape index (κ3) is 6.89. The van der Waals surface area contributed by atoms with Gasteiger partial charge in [0.15, 0.2) is 0 Å². The van der Waals surface area contributed by atoms with Crippen molar-refractivity contribution < 1.29 is 14.3 Å². The van der Waals surface area contributed by atoms with Crippen molar-refractivity contribution in [1.29, 1.82) is 5.26 Å². The molecular formula is C10H18N2O3. The summed E-state index contributed by atoms with van der Waals surface area (Å²) < 4.78 is 9.91. The van der Waals surface area contributed by atoms with Crippen LogP contribution in [0.2, 0.25) is 0 Å². The SMILES string of the molecule is CCOCC(=O)N(CCC#N)CCOC. The Bertz CT molecular complexity index is 213. The number of carbonyl (C=O) groups excluding carboxylic acids is 1. The van der Waals surface area contributed by atoms with E-state index in [4.69, 9.17) is 14.7 Å². The molecule has 15 heavy (non-hydrogen) atoms. The fraction of sp³-hybridized carbons (Fsp3) is 0.800. The molecule has 0 atom stereocenters. The lowest BCUT2D eigenvalue weighted by Crippen LogP contribution is -2.37. The number of hydrogen-bond acceptors (Lipinski definition) is 4. The first kappa shape index (κ1) is 13.9. The molecule has 0 N–H and O–H groups in total. The second-order valence-electron chi connectivity index (χ2n) is 2.92. The summed E-state index contributed by atoms with van der Waals surface area (Å²) in [5.41, 5.74) is 0. The van der Waals surface area contributed by atoms with Gasteiger partial charge in [0.25, 0.3) is 0 Å². The Kier molecular flexibility index (Phi) is 8.73. The lowest BCUT2D eigenvalue weighted by atomic mass is 10.4. The average molecular weight is 214 g/mol. The van der Waals surface area contributed by atoms with E-state index in [2.05, 4.69) is 0 Å². The molecule has 5 heteroatoms. The maximum Gasteiger partial charge on any atom is 0.248 e. The van der Waals surface area contributed by atoms with Crippen LogP contribution < -0.4 is 0 Å². The van der Waals surface area contributed by atoms with Crippen LogP contribution in [0.15, 0.2) is 0 Å². The van der Waals surface area contributed by atoms with E-state index >= 15 is 0 Å². The number of amides is 1. The Morgan fingerprint density at radius 2 is 2.20 bits per heavy atom. The molecule has 0 rings (SSSR count). The minimum Gasteiger partial charge on any atom is -0.383 e. The molecule has 0 radical (unpaired) electrons. The Morgan fingerprint density at radius 1 is 1.47 bits per heavy atom. The highest BCUT2D eigenvalue weighted by Gasteiger charge is 2.12. The summed E-state index contributed by atoms with van der Waals surface area (Å²) in [5, 5.41) is 8.45. The zero-order valence-electron chi connectivity index (χ0n) is 9.36. The topological polar surface area (TPSA) is 62.6 Å². The van der Waals surface area contributed by atoms with E-state index < -0.39 is 0 Å². The lowest BCUT2D eigenvalue weighted by molar-refractivity contribution is -0.136. The summed E-state index contributed by atoms with van der Waals surface area (Å²) in [6.07, 6.45) is 0.335. The molecule has 86 valence electrons. The highest BCUT2D eigenvalue weighted by molar-refractivity contribution is 5.77. The second-order valence-corrected chi connectivity index (χ2v) is 2.92. The van der Waals surface area contributed by atoms with Gasteiger partial charge in [-0.1, -0.05) is 0 Å². The van der Waals surface area contributed by atoms with Gasteiger partial charge in [0.2, 0.25) is 5.91 Å². The molecular weight excluding hydrogens is 196 g/mol. The minimum absolute atomic E-state index is 0.0750. The van der Waals surface area contributed by atoms with Crippen molar-refractivity contribution in [3.63, 3.8) is 0 Å². The number of hydrogen-bond donors (Lipinski definition) is 0. The Labute approximate surface area is 90.6 Å². The third-order valence-corrected chi connectivity index (χ3v) is 1.84. The predicted molar refractivity (Wildman–Crippen MR) is 55.2 cm³/mol. The molecule has 0 aromatic carbocycles. The van der Waals surface area contributed by atoms with Crippen LogP contribution in [0.4, 0.5) is 0 Å². The minimum atomic E-state index is -0.0934. The molecule has 0 unspecified atom stereocenters. The fourth-order valence-corrected chi connectivity index (χ4v) is 1.03. The van der Waals surface area contributed by atoms with E-state index in [1.165, 1.54) is 0 Å². The van der Waals surface area contributed by atoms with Crippen molar-refractivity contribution in [1.82, 2.24) is 4.90 Å². The number of carbonyl (C=O) groups is 1. The number of rotatable bonds is 8. The van der Waals surface area contributed by atoms with Crippen LogP contribution in [0.1, 0.15) is 13.3 Å². The van der Waals surface area contributed by atoms with Crippen molar-refractivity contribution in [2.45, 2.75) is 13.3 Å². The molecule has 0 spiro atoms. The normalized spacial score (nSPS) is 9.67. The van der Waals surface area contributed by atoms with E-state index in [1.807, 2.05) is 13.0 Å². The van der Waals surface area contributed by atoms with Gasteiger partial charge in [-0.15, -0.1) is 0 Å². The fourth-order valence-electron chi connectivity index (χ4n) is 1.03. The molecule has 0 saturated heterocycles. The van der Waals surface area contributed by atoms with Crippen LogP contribution >= 0.6 is 0 Å². The first-order valence-corrected chi connectivity index (χ1v) is 4.97. The summed E-state index contributed by atoms with van der Waals surface area (Å²) in [4.78, 5) is 13.1. The summed E-state index contributed by atoms with van der Waals surface area (Å²) >= 11 is 0. The molecule has 0 aliphatic carbocycles. The van der Waals surface area contributed by atoms with Crippen molar-refractivity contribution in [2.75, 3.05) is 40.0 Å². The number of nitriles is 1. The van der Waals surface area contributed by atoms with Gasteiger partial charge in [-0.3, -0.25) is 4.79 Å². The summed E-state index contributed by atoms with van der Waals surface area (Å²) in [6.45, 7) is 3.84. The van der Waals surface area contributed by atoms with Crippen LogP contribution in [0.25, 0.3) is 0 Å². The van der Waals surface area contributed by atoms with Crippen LogP contribution in [0.3, 0.4) is 0 Å². The standard InChI is InChI=1S/C10H18N2O3/c1-3-15-9-10(13)12(6-4-5-11)7-8-14-2/h3-4,6-9H2,1-2H3. The maximum absolute atomic E-state index is 11.5. The number of nitrogens with zero attached hydrogens (tertiary/aromatic N) is 2. The van der Waals surface area contributed by atoms with Gasteiger partial charge in [-0.2, -0.15) is 5.26 Å². The number of ether oxygens (including phenoxy) is 2. The molecule has 0 bridgehead atoms. The van der Waals surface area contributed by atoms with Gasteiger partial charge in [-0.25, -0.2) is 0 Å². The largest absolute Gasteiger partial charge is 0.383 e. The zero-order chi connectivity index (χ0) is 11.5. The Hall–Kier alpha value is -1.12. The first-order chi connectivity index (χ1) is 7.26. The van der Waals surface area contributed by atoms with Gasteiger partial charge < -0.3 is 14.4 Å². The lowest BCUT2D eigenvalue weighted by Gasteiger charge is -2.20. The highest BCUT2D eigenvalue weighted by Crippen LogP contribution is 1.94.